The van der Waals surface area contributed by atoms with Crippen LogP contribution in [0.5, 0.6) is 0 Å². The Kier molecular flexibility index (Phi) is 5.44. The molecule has 3 aromatic carbocycles. The first-order chi connectivity index (χ1) is 16.7. The van der Waals surface area contributed by atoms with Crippen LogP contribution >= 0.6 is 11.8 Å². The second-order valence-corrected chi connectivity index (χ2v) is 9.81. The predicted octanol–water partition coefficient (Wildman–Crippen LogP) is 5.15. The van der Waals surface area contributed by atoms with E-state index in [1.165, 1.54) is 39.3 Å². The monoisotopic (exact) mass is 466 g/mol. The molecule has 0 saturated heterocycles. The van der Waals surface area contributed by atoms with Crippen LogP contribution in [0.3, 0.4) is 0 Å². The molecular weight excluding hydrogens is 441 g/mol. The third-order valence-corrected chi connectivity index (χ3v) is 7.37. The zero-order chi connectivity index (χ0) is 23.1. The largest absolute Gasteiger partial charge is 0.330 e. The second-order valence-electron chi connectivity index (χ2n) is 8.97. The number of aliphatic imine (C=N–C) groups is 1. The summed E-state index contributed by atoms with van der Waals surface area (Å²) in [6.45, 7) is 1.87. The maximum absolute atomic E-state index is 13.7. The van der Waals surface area contributed by atoms with Crippen LogP contribution in [0, 0.1) is 5.82 Å². The van der Waals surface area contributed by atoms with E-state index in [1.807, 2.05) is 18.2 Å². The molecule has 168 valence electrons. The minimum atomic E-state index is -0.222. The van der Waals surface area contributed by atoms with Gasteiger partial charge in [-0.25, -0.2) is 9.38 Å². The first kappa shape index (κ1) is 21.1. The molecule has 0 fully saturated rings. The fraction of sp³-hybridized carbons (Fsp3) is 0.138. The van der Waals surface area contributed by atoms with Crippen molar-refractivity contribution in [1.29, 1.82) is 0 Å². The van der Waals surface area contributed by atoms with Gasteiger partial charge >= 0.3 is 0 Å². The molecule has 2 atom stereocenters. The van der Waals surface area contributed by atoms with Gasteiger partial charge in [0.25, 0.3) is 0 Å². The number of thioether (sulfide) groups is 1. The number of quaternary nitrogens is 1. The third kappa shape index (κ3) is 3.81. The molecule has 3 heterocycles. The number of likely N-dealkylation sites (N-methyl/N-ethyl adjacent to an activating group) is 1. The van der Waals surface area contributed by atoms with Crippen molar-refractivity contribution in [3.8, 4) is 0 Å². The van der Waals surface area contributed by atoms with Crippen LogP contribution in [0.4, 0.5) is 4.39 Å². The lowest BCUT2D eigenvalue weighted by Gasteiger charge is -2.40. The molecule has 6 rings (SSSR count). The van der Waals surface area contributed by atoms with Crippen LogP contribution in [0.2, 0.25) is 0 Å². The Morgan fingerprint density at radius 3 is 2.38 bits per heavy atom. The molecule has 1 unspecified atom stereocenters. The summed E-state index contributed by atoms with van der Waals surface area (Å²) in [4.78, 5) is 9.01. The molecule has 3 aromatic rings. The van der Waals surface area contributed by atoms with Gasteiger partial charge in [0, 0.05) is 16.6 Å². The number of rotatable bonds is 3. The fourth-order valence-electron chi connectivity index (χ4n) is 5.05. The quantitative estimate of drug-likeness (QED) is 0.576. The van der Waals surface area contributed by atoms with Gasteiger partial charge in [-0.1, -0.05) is 72.4 Å². The predicted molar refractivity (Wildman–Crippen MR) is 138 cm³/mol. The van der Waals surface area contributed by atoms with E-state index in [4.69, 9.17) is 4.99 Å². The Hall–Kier alpha value is -3.41. The molecular formula is C29H25FN3S+. The van der Waals surface area contributed by atoms with Crippen LogP contribution in [0.25, 0.3) is 11.8 Å². The number of fused-ring (bicyclic) bond motifs is 1. The number of nitrogens with one attached hydrogen (secondary N) is 1. The zero-order valence-electron chi connectivity index (χ0n) is 18.9. The highest BCUT2D eigenvalue weighted by molar-refractivity contribution is 8.16. The first-order valence-corrected chi connectivity index (χ1v) is 12.4. The normalized spacial score (nSPS) is 22.9. The van der Waals surface area contributed by atoms with Crippen molar-refractivity contribution in [2.45, 2.75) is 6.04 Å². The van der Waals surface area contributed by atoms with Gasteiger partial charge < -0.3 is 9.80 Å². The van der Waals surface area contributed by atoms with Gasteiger partial charge in [-0.2, -0.15) is 0 Å². The first-order valence-electron chi connectivity index (χ1n) is 11.5. The van der Waals surface area contributed by atoms with E-state index in [9.17, 15) is 4.39 Å². The third-order valence-electron chi connectivity index (χ3n) is 6.53. The zero-order valence-corrected chi connectivity index (χ0v) is 19.7. The number of amidine groups is 1. The Balaban J connectivity index is 1.51. The highest BCUT2D eigenvalue weighted by Crippen LogP contribution is 2.47. The molecule has 0 bridgehead atoms. The number of benzene rings is 3. The van der Waals surface area contributed by atoms with Crippen molar-refractivity contribution in [1.82, 2.24) is 4.90 Å². The summed E-state index contributed by atoms with van der Waals surface area (Å²) >= 11 is 1.65. The van der Waals surface area contributed by atoms with Gasteiger partial charge in [0.05, 0.1) is 24.5 Å². The molecule has 0 aliphatic carbocycles. The van der Waals surface area contributed by atoms with E-state index < -0.39 is 0 Å². The molecule has 3 aliphatic heterocycles. The Morgan fingerprint density at radius 1 is 0.941 bits per heavy atom. The molecule has 3 aliphatic rings. The molecule has 34 heavy (non-hydrogen) atoms. The van der Waals surface area contributed by atoms with Gasteiger partial charge in [-0.05, 0) is 47.0 Å². The van der Waals surface area contributed by atoms with E-state index in [1.54, 1.807) is 11.8 Å². The van der Waals surface area contributed by atoms with Crippen LogP contribution in [0.15, 0.2) is 112 Å². The van der Waals surface area contributed by atoms with E-state index in [0.29, 0.717) is 0 Å². The molecule has 3 nitrogen and oxygen atoms in total. The maximum atomic E-state index is 13.7. The fourth-order valence-corrected chi connectivity index (χ4v) is 5.97. The average molecular weight is 467 g/mol. The molecule has 5 heteroatoms. The minimum absolute atomic E-state index is 0.0458. The molecule has 1 N–H and O–H groups in total. The van der Waals surface area contributed by atoms with Crippen molar-refractivity contribution in [3.05, 3.63) is 130 Å². The van der Waals surface area contributed by atoms with E-state index in [2.05, 4.69) is 78.0 Å². The van der Waals surface area contributed by atoms with Gasteiger partial charge in [-0.3, -0.25) is 0 Å². The summed E-state index contributed by atoms with van der Waals surface area (Å²) < 4.78 is 13.7. The SMILES string of the molecule is C[NH+]1CC2=C(N=C3SC=C(c4ccc(F)cc4)N3[C@@H]2c2ccccc2)/C(=C/c2ccccc2)C1. The van der Waals surface area contributed by atoms with E-state index in [0.717, 1.165) is 35.2 Å². The number of nitrogens with zero attached hydrogens (tertiary/aromatic N) is 2. The molecule has 0 amide bonds. The lowest BCUT2D eigenvalue weighted by atomic mass is 9.88. The summed E-state index contributed by atoms with van der Waals surface area (Å²) in [6, 6.07) is 28.0. The van der Waals surface area contributed by atoms with Crippen molar-refractivity contribution >= 4 is 28.7 Å². The smallest absolute Gasteiger partial charge is 0.174 e. The van der Waals surface area contributed by atoms with Crippen molar-refractivity contribution < 1.29 is 9.29 Å². The molecule has 0 radical (unpaired) electrons. The summed E-state index contributed by atoms with van der Waals surface area (Å²) in [7, 11) is 2.25. The number of hydrogen-bond donors (Lipinski definition) is 1. The standard InChI is InChI=1S/C29H24FN3S/c1-32-17-23(16-20-8-4-2-5-9-20)27-25(18-32)28(22-10-6-3-7-11-22)33-26(19-34-29(33)31-27)21-12-14-24(30)15-13-21/h2-16,19,28H,17-18H2,1H3/p+1/b23-16+/t28-/m1/s1. The number of halogens is 1. The second kappa shape index (κ2) is 8.75. The Labute approximate surface area is 203 Å². The van der Waals surface area contributed by atoms with Crippen molar-refractivity contribution in [3.63, 3.8) is 0 Å². The lowest BCUT2D eigenvalue weighted by Crippen LogP contribution is -3.10. The summed E-state index contributed by atoms with van der Waals surface area (Å²) in [5.41, 5.74) is 8.23. The minimum Gasteiger partial charge on any atom is -0.330 e. The summed E-state index contributed by atoms with van der Waals surface area (Å²) in [5, 5.41) is 3.13. The maximum Gasteiger partial charge on any atom is 0.174 e. The topological polar surface area (TPSA) is 20.0 Å². The average Bonchev–Trinajstić information content (AvgIpc) is 3.28. The summed E-state index contributed by atoms with van der Waals surface area (Å²) in [5.74, 6) is -0.222. The van der Waals surface area contributed by atoms with E-state index in [-0.39, 0.29) is 11.9 Å². The van der Waals surface area contributed by atoms with Crippen LogP contribution < -0.4 is 4.90 Å². The molecule has 0 spiro atoms. The van der Waals surface area contributed by atoms with Gasteiger partial charge in [-0.15, -0.1) is 0 Å². The van der Waals surface area contributed by atoms with Gasteiger partial charge in [0.2, 0.25) is 0 Å². The Morgan fingerprint density at radius 2 is 1.65 bits per heavy atom. The number of hydrogen-bond acceptors (Lipinski definition) is 3. The van der Waals surface area contributed by atoms with E-state index >= 15 is 0 Å². The van der Waals surface area contributed by atoms with Crippen LogP contribution in [-0.4, -0.2) is 30.2 Å². The van der Waals surface area contributed by atoms with Gasteiger partial charge in [0.15, 0.2) is 5.17 Å². The van der Waals surface area contributed by atoms with Gasteiger partial charge in [0.1, 0.15) is 18.9 Å². The molecule has 0 saturated carbocycles. The highest BCUT2D eigenvalue weighted by atomic mass is 32.2. The lowest BCUT2D eigenvalue weighted by molar-refractivity contribution is -0.871. The Bertz CT molecular complexity index is 1340. The van der Waals surface area contributed by atoms with Crippen LogP contribution in [0.1, 0.15) is 22.7 Å². The summed E-state index contributed by atoms with van der Waals surface area (Å²) in [6.07, 6.45) is 2.29. The van der Waals surface area contributed by atoms with Crippen LogP contribution in [-0.2, 0) is 0 Å². The molecule has 0 aromatic heterocycles. The van der Waals surface area contributed by atoms with Crippen molar-refractivity contribution in [2.75, 3.05) is 20.1 Å². The van der Waals surface area contributed by atoms with Crippen molar-refractivity contribution in [2.24, 2.45) is 4.99 Å². The highest BCUT2D eigenvalue weighted by Gasteiger charge is 2.42.